The summed E-state index contributed by atoms with van der Waals surface area (Å²) < 4.78 is 9.06. The van der Waals surface area contributed by atoms with Gasteiger partial charge in [0.05, 0.1) is 7.11 Å². The highest BCUT2D eigenvalue weighted by atomic mass is 16.6. The topological polar surface area (TPSA) is 123 Å². The minimum Gasteiger partial charge on any atom is -0.462 e. The molecule has 3 amide bonds. The molecule has 1 atom stereocenters. The van der Waals surface area contributed by atoms with Crippen molar-refractivity contribution in [2.45, 2.75) is 19.6 Å². The van der Waals surface area contributed by atoms with E-state index in [9.17, 15) is 19.2 Å². The molecule has 1 aromatic rings. The van der Waals surface area contributed by atoms with Crippen LogP contribution in [0.1, 0.15) is 12.5 Å². The van der Waals surface area contributed by atoms with E-state index in [-0.39, 0.29) is 6.61 Å². The van der Waals surface area contributed by atoms with Gasteiger partial charge in [-0.2, -0.15) is 0 Å². The molecule has 0 heterocycles. The molecule has 3 N–H and O–H groups in total. The molecule has 0 radical (unpaired) electrons. The van der Waals surface area contributed by atoms with Crippen LogP contribution in [0.25, 0.3) is 0 Å². The first kappa shape index (κ1) is 18.0. The van der Waals surface area contributed by atoms with Gasteiger partial charge < -0.3 is 14.8 Å². The van der Waals surface area contributed by atoms with Gasteiger partial charge in [0, 0.05) is 0 Å². The first-order valence-electron chi connectivity index (χ1n) is 6.59. The predicted molar refractivity (Wildman–Crippen MR) is 77.5 cm³/mol. The van der Waals surface area contributed by atoms with Crippen LogP contribution in [0.2, 0.25) is 0 Å². The monoisotopic (exact) mass is 323 g/mol. The lowest BCUT2D eigenvalue weighted by molar-refractivity contribution is -0.153. The van der Waals surface area contributed by atoms with Crippen LogP contribution in [-0.4, -0.2) is 37.0 Å². The molecule has 0 aliphatic rings. The van der Waals surface area contributed by atoms with Crippen molar-refractivity contribution in [1.29, 1.82) is 0 Å². The van der Waals surface area contributed by atoms with Gasteiger partial charge >= 0.3 is 18.0 Å². The van der Waals surface area contributed by atoms with Crippen molar-refractivity contribution >= 4 is 23.9 Å². The van der Waals surface area contributed by atoms with Crippen molar-refractivity contribution in [2.75, 3.05) is 7.11 Å². The van der Waals surface area contributed by atoms with Crippen molar-refractivity contribution < 1.29 is 28.7 Å². The predicted octanol–water partition coefficient (Wildman–Crippen LogP) is -0.378. The van der Waals surface area contributed by atoms with Crippen LogP contribution in [0.3, 0.4) is 0 Å². The summed E-state index contributed by atoms with van der Waals surface area (Å²) in [6.07, 6.45) is -0.867. The van der Waals surface area contributed by atoms with Crippen LogP contribution in [0.4, 0.5) is 4.79 Å². The number of carbonyl (C=O) groups excluding carboxylic acids is 4. The number of carbonyl (C=O) groups is 4. The molecular weight excluding hydrogens is 306 g/mol. The Labute approximate surface area is 132 Å². The molecule has 0 fully saturated rings. The van der Waals surface area contributed by atoms with E-state index >= 15 is 0 Å². The maximum absolute atomic E-state index is 11.6. The van der Waals surface area contributed by atoms with E-state index < -0.39 is 29.9 Å². The minimum atomic E-state index is -1.13. The van der Waals surface area contributed by atoms with Gasteiger partial charge in [-0.05, 0) is 12.5 Å². The second kappa shape index (κ2) is 9.03. The van der Waals surface area contributed by atoms with Gasteiger partial charge in [-0.25, -0.2) is 15.0 Å². The molecular formula is C14H17N3O6. The summed E-state index contributed by atoms with van der Waals surface area (Å²) in [5.74, 6) is -2.93. The van der Waals surface area contributed by atoms with Crippen LogP contribution in [-0.2, 0) is 30.5 Å². The number of rotatable bonds is 4. The van der Waals surface area contributed by atoms with Gasteiger partial charge in [0.2, 0.25) is 0 Å². The summed E-state index contributed by atoms with van der Waals surface area (Å²) in [6, 6.07) is 7.91. The number of esters is 1. The number of hydrazine groups is 1. The number of ether oxygens (including phenoxy) is 2. The number of nitrogens with one attached hydrogen (secondary N) is 3. The van der Waals surface area contributed by atoms with E-state index in [4.69, 9.17) is 4.74 Å². The zero-order valence-electron chi connectivity index (χ0n) is 12.6. The van der Waals surface area contributed by atoms with Gasteiger partial charge in [-0.1, -0.05) is 30.3 Å². The smallest absolute Gasteiger partial charge is 0.426 e. The van der Waals surface area contributed by atoms with Gasteiger partial charge in [0.15, 0.2) is 0 Å². The molecule has 0 unspecified atom stereocenters. The molecule has 0 aliphatic heterocycles. The van der Waals surface area contributed by atoms with Crippen molar-refractivity contribution in [3.63, 3.8) is 0 Å². The lowest BCUT2D eigenvalue weighted by atomic mass is 10.2. The fourth-order valence-corrected chi connectivity index (χ4v) is 1.39. The number of hydrogen-bond acceptors (Lipinski definition) is 6. The maximum atomic E-state index is 11.6. The molecule has 9 nitrogen and oxygen atoms in total. The van der Waals surface area contributed by atoms with Gasteiger partial charge in [0.25, 0.3) is 5.91 Å². The normalized spacial score (nSPS) is 10.9. The third-order valence-corrected chi connectivity index (χ3v) is 2.61. The Kier molecular flexibility index (Phi) is 7.05. The highest BCUT2D eigenvalue weighted by molar-refractivity contribution is 6.32. The van der Waals surface area contributed by atoms with Crippen molar-refractivity contribution in [3.05, 3.63) is 35.9 Å². The first-order chi connectivity index (χ1) is 10.9. The molecule has 23 heavy (non-hydrogen) atoms. The van der Waals surface area contributed by atoms with Crippen LogP contribution in [0, 0.1) is 0 Å². The molecule has 0 saturated carbocycles. The molecule has 9 heteroatoms. The Hall–Kier alpha value is -3.10. The Balaban J connectivity index is 2.30. The van der Waals surface area contributed by atoms with Crippen molar-refractivity contribution in [1.82, 2.24) is 16.2 Å². The van der Waals surface area contributed by atoms with Crippen LogP contribution < -0.4 is 16.2 Å². The quantitative estimate of drug-likeness (QED) is 0.394. The average molecular weight is 323 g/mol. The van der Waals surface area contributed by atoms with E-state index in [0.29, 0.717) is 0 Å². The molecule has 0 aromatic heterocycles. The average Bonchev–Trinajstić information content (AvgIpc) is 2.57. The van der Waals surface area contributed by atoms with Crippen molar-refractivity contribution in [3.8, 4) is 0 Å². The molecule has 1 rings (SSSR count). The summed E-state index contributed by atoms with van der Waals surface area (Å²) in [6.45, 7) is 1.37. The van der Waals surface area contributed by atoms with Crippen LogP contribution >= 0.6 is 0 Å². The van der Waals surface area contributed by atoms with E-state index in [1.165, 1.54) is 6.92 Å². The second-order valence-electron chi connectivity index (χ2n) is 4.36. The standard InChI is InChI=1S/C14H17N3O6/c1-9(15-12(19)13(20)22-2)11(18)16-17-14(21)23-8-10-6-4-3-5-7-10/h3-7,9H,8H2,1-2H3,(H,15,19)(H,16,18)(H,17,21)/t9-/m0/s1. The molecule has 0 spiro atoms. The Morgan fingerprint density at radius 1 is 1.09 bits per heavy atom. The van der Waals surface area contributed by atoms with E-state index in [0.717, 1.165) is 12.7 Å². The van der Waals surface area contributed by atoms with Crippen molar-refractivity contribution in [2.24, 2.45) is 0 Å². The molecule has 1 aromatic carbocycles. The lowest BCUT2D eigenvalue weighted by Gasteiger charge is -2.13. The largest absolute Gasteiger partial charge is 0.462 e. The summed E-state index contributed by atoms with van der Waals surface area (Å²) in [5, 5.41) is 2.09. The SMILES string of the molecule is COC(=O)C(=O)N[C@@H](C)C(=O)NNC(=O)OCc1ccccc1. The Morgan fingerprint density at radius 2 is 1.74 bits per heavy atom. The van der Waals surface area contributed by atoms with E-state index in [2.05, 4.69) is 15.5 Å². The summed E-state index contributed by atoms with van der Waals surface area (Å²) in [4.78, 5) is 45.1. The van der Waals surface area contributed by atoms with Gasteiger partial charge in [0.1, 0.15) is 12.6 Å². The van der Waals surface area contributed by atoms with Gasteiger partial charge in [-0.15, -0.1) is 0 Å². The number of hydrogen-bond donors (Lipinski definition) is 3. The second-order valence-corrected chi connectivity index (χ2v) is 4.36. The zero-order chi connectivity index (χ0) is 17.2. The van der Waals surface area contributed by atoms with E-state index in [1.807, 2.05) is 11.5 Å². The van der Waals surface area contributed by atoms with Crippen LogP contribution in [0.15, 0.2) is 30.3 Å². The molecule has 0 aliphatic carbocycles. The zero-order valence-corrected chi connectivity index (χ0v) is 12.6. The number of amides is 3. The Bertz CT molecular complexity index is 575. The molecule has 0 saturated heterocycles. The summed E-state index contributed by atoms with van der Waals surface area (Å²) in [5.41, 5.74) is 4.86. The summed E-state index contributed by atoms with van der Waals surface area (Å²) >= 11 is 0. The highest BCUT2D eigenvalue weighted by Gasteiger charge is 2.21. The first-order valence-corrected chi connectivity index (χ1v) is 6.59. The third-order valence-electron chi connectivity index (χ3n) is 2.61. The third kappa shape index (κ3) is 6.46. The number of benzene rings is 1. The number of methoxy groups -OCH3 is 1. The Morgan fingerprint density at radius 3 is 2.35 bits per heavy atom. The fraction of sp³-hybridized carbons (Fsp3) is 0.286. The maximum Gasteiger partial charge on any atom is 0.426 e. The lowest BCUT2D eigenvalue weighted by Crippen LogP contribution is -2.52. The fourth-order valence-electron chi connectivity index (χ4n) is 1.39. The minimum absolute atomic E-state index is 0.0389. The van der Waals surface area contributed by atoms with E-state index in [1.54, 1.807) is 24.3 Å². The molecule has 124 valence electrons. The summed E-state index contributed by atoms with van der Waals surface area (Å²) in [7, 11) is 1.04. The van der Waals surface area contributed by atoms with Crippen LogP contribution in [0.5, 0.6) is 0 Å². The highest BCUT2D eigenvalue weighted by Crippen LogP contribution is 2.00. The van der Waals surface area contributed by atoms with Gasteiger partial charge in [-0.3, -0.25) is 15.0 Å². The molecule has 0 bridgehead atoms.